The number of hydrogen-bond acceptors (Lipinski definition) is 3. The van der Waals surface area contributed by atoms with Crippen LogP contribution in [0.2, 0.25) is 0 Å². The third-order valence-corrected chi connectivity index (χ3v) is 4.67. The van der Waals surface area contributed by atoms with Crippen LogP contribution in [0, 0.1) is 5.92 Å². The van der Waals surface area contributed by atoms with Gasteiger partial charge in [0.1, 0.15) is 0 Å². The van der Waals surface area contributed by atoms with Crippen molar-refractivity contribution in [3.8, 4) is 0 Å². The zero-order valence-electron chi connectivity index (χ0n) is 14.7. The van der Waals surface area contributed by atoms with E-state index in [1.54, 1.807) is 6.92 Å². The van der Waals surface area contributed by atoms with E-state index in [1.807, 2.05) is 4.90 Å². The topological polar surface area (TPSA) is 49.6 Å². The number of rotatable bonds is 6. The lowest BCUT2D eigenvalue weighted by Gasteiger charge is -2.37. The summed E-state index contributed by atoms with van der Waals surface area (Å²) in [5.74, 6) is 0.631. The Bertz CT molecular complexity index is 487. The van der Waals surface area contributed by atoms with Crippen molar-refractivity contribution in [1.29, 1.82) is 0 Å². The van der Waals surface area contributed by atoms with E-state index in [0.29, 0.717) is 12.0 Å². The van der Waals surface area contributed by atoms with Gasteiger partial charge in [0.05, 0.1) is 6.04 Å². The highest BCUT2D eigenvalue weighted by atomic mass is 16.2. The van der Waals surface area contributed by atoms with Crippen molar-refractivity contribution < 1.29 is 4.79 Å². The zero-order chi connectivity index (χ0) is 16.8. The van der Waals surface area contributed by atoms with Gasteiger partial charge in [-0.15, -0.1) is 0 Å². The Hall–Kier alpha value is -1.39. The van der Waals surface area contributed by atoms with E-state index < -0.39 is 0 Å². The van der Waals surface area contributed by atoms with Crippen LogP contribution >= 0.6 is 0 Å². The summed E-state index contributed by atoms with van der Waals surface area (Å²) in [6, 6.07) is 10.7. The van der Waals surface area contributed by atoms with Gasteiger partial charge in [-0.1, -0.05) is 30.3 Å². The van der Waals surface area contributed by atoms with Crippen molar-refractivity contribution in [1.82, 2.24) is 9.80 Å². The first-order valence-electron chi connectivity index (χ1n) is 8.79. The van der Waals surface area contributed by atoms with Gasteiger partial charge in [0, 0.05) is 32.2 Å². The fourth-order valence-corrected chi connectivity index (χ4v) is 3.31. The van der Waals surface area contributed by atoms with Crippen molar-refractivity contribution >= 4 is 5.91 Å². The van der Waals surface area contributed by atoms with Gasteiger partial charge in [-0.2, -0.15) is 0 Å². The zero-order valence-corrected chi connectivity index (χ0v) is 14.7. The van der Waals surface area contributed by atoms with Crippen LogP contribution in [0.1, 0.15) is 39.2 Å². The normalized spacial score (nSPS) is 20.1. The Morgan fingerprint density at radius 3 is 2.61 bits per heavy atom. The second-order valence-corrected chi connectivity index (χ2v) is 7.09. The third kappa shape index (κ3) is 5.33. The average Bonchev–Trinajstić information content (AvgIpc) is 2.54. The average molecular weight is 317 g/mol. The Labute approximate surface area is 140 Å². The molecule has 2 rings (SSSR count). The largest absolute Gasteiger partial charge is 0.341 e. The van der Waals surface area contributed by atoms with Crippen LogP contribution in [0.15, 0.2) is 30.3 Å². The molecule has 1 heterocycles. The highest BCUT2D eigenvalue weighted by molar-refractivity contribution is 5.81. The van der Waals surface area contributed by atoms with E-state index in [2.05, 4.69) is 49.1 Å². The van der Waals surface area contributed by atoms with Crippen molar-refractivity contribution in [2.75, 3.05) is 19.6 Å². The lowest BCUT2D eigenvalue weighted by atomic mass is 9.96. The molecule has 128 valence electrons. The van der Waals surface area contributed by atoms with Crippen molar-refractivity contribution in [2.24, 2.45) is 11.7 Å². The van der Waals surface area contributed by atoms with E-state index >= 15 is 0 Å². The molecule has 4 heteroatoms. The first kappa shape index (κ1) is 18.0. The summed E-state index contributed by atoms with van der Waals surface area (Å²) in [6.07, 6.45) is 2.28. The molecule has 0 unspecified atom stereocenters. The molecule has 0 aliphatic carbocycles. The van der Waals surface area contributed by atoms with Crippen LogP contribution in [-0.2, 0) is 11.3 Å². The number of likely N-dealkylation sites (tertiary alicyclic amines) is 1. The molecule has 0 bridgehead atoms. The van der Waals surface area contributed by atoms with Gasteiger partial charge < -0.3 is 10.6 Å². The molecule has 1 amide bonds. The van der Waals surface area contributed by atoms with E-state index in [4.69, 9.17) is 5.73 Å². The van der Waals surface area contributed by atoms with Crippen LogP contribution < -0.4 is 5.73 Å². The number of nitrogens with two attached hydrogens (primary N) is 1. The number of carbonyl (C=O) groups is 1. The molecule has 0 aromatic heterocycles. The molecule has 1 aliphatic heterocycles. The van der Waals surface area contributed by atoms with E-state index in [-0.39, 0.29) is 11.9 Å². The minimum atomic E-state index is -0.390. The van der Waals surface area contributed by atoms with Crippen LogP contribution in [0.5, 0.6) is 0 Å². The Balaban J connectivity index is 1.95. The molecule has 1 aromatic carbocycles. The third-order valence-electron chi connectivity index (χ3n) is 4.67. The Kier molecular flexibility index (Phi) is 6.60. The van der Waals surface area contributed by atoms with E-state index in [1.165, 1.54) is 12.0 Å². The summed E-state index contributed by atoms with van der Waals surface area (Å²) in [4.78, 5) is 16.6. The number of hydrogen-bond donors (Lipinski definition) is 1. The minimum Gasteiger partial charge on any atom is -0.341 e. The number of benzene rings is 1. The second kappa shape index (κ2) is 8.46. The summed E-state index contributed by atoms with van der Waals surface area (Å²) in [5, 5.41) is 0. The molecule has 1 fully saturated rings. The predicted octanol–water partition coefficient (Wildman–Crippen LogP) is 2.48. The fraction of sp³-hybridized carbons (Fsp3) is 0.632. The van der Waals surface area contributed by atoms with Gasteiger partial charge >= 0.3 is 0 Å². The minimum absolute atomic E-state index is 0.0915. The summed E-state index contributed by atoms with van der Waals surface area (Å²) in [7, 11) is 0. The van der Waals surface area contributed by atoms with Crippen LogP contribution in [0.25, 0.3) is 0 Å². The molecule has 2 N–H and O–H groups in total. The maximum absolute atomic E-state index is 12.1. The van der Waals surface area contributed by atoms with Gasteiger partial charge in [-0.3, -0.25) is 9.69 Å². The molecule has 0 saturated carbocycles. The molecule has 0 spiro atoms. The number of amides is 1. The smallest absolute Gasteiger partial charge is 0.239 e. The number of piperidine rings is 1. The monoisotopic (exact) mass is 317 g/mol. The summed E-state index contributed by atoms with van der Waals surface area (Å²) < 4.78 is 0. The molecule has 1 aromatic rings. The van der Waals surface area contributed by atoms with Crippen molar-refractivity contribution in [3.05, 3.63) is 35.9 Å². The number of carbonyl (C=O) groups excluding carboxylic acids is 1. The van der Waals surface area contributed by atoms with Crippen LogP contribution in [-0.4, -0.2) is 47.4 Å². The Morgan fingerprint density at radius 1 is 1.30 bits per heavy atom. The number of nitrogens with zero attached hydrogens (tertiary/aromatic N) is 2. The van der Waals surface area contributed by atoms with Crippen molar-refractivity contribution in [2.45, 2.75) is 52.2 Å². The fourth-order valence-electron chi connectivity index (χ4n) is 3.31. The standard InChI is InChI=1S/C19H31N3O/c1-15(2)22(12-17-8-5-4-6-9-17)14-18-10-7-11-21(13-18)19(23)16(3)20/h4-6,8-9,15-16,18H,7,10-14,20H2,1-3H3/t16-,18+/m0/s1. The molecule has 4 nitrogen and oxygen atoms in total. The molecule has 1 saturated heterocycles. The maximum atomic E-state index is 12.1. The Morgan fingerprint density at radius 2 is 2.00 bits per heavy atom. The van der Waals surface area contributed by atoms with Crippen molar-refractivity contribution in [3.63, 3.8) is 0 Å². The molecule has 2 atom stereocenters. The van der Waals surface area contributed by atoms with Gasteiger partial charge in [0.25, 0.3) is 0 Å². The molecular weight excluding hydrogens is 286 g/mol. The van der Waals surface area contributed by atoms with Crippen LogP contribution in [0.4, 0.5) is 0 Å². The van der Waals surface area contributed by atoms with Gasteiger partial charge in [-0.05, 0) is 45.1 Å². The molecular formula is C19H31N3O. The quantitative estimate of drug-likeness (QED) is 0.877. The summed E-state index contributed by atoms with van der Waals surface area (Å²) in [5.41, 5.74) is 7.11. The van der Waals surface area contributed by atoms with Gasteiger partial charge in [0.15, 0.2) is 0 Å². The van der Waals surface area contributed by atoms with Gasteiger partial charge in [-0.25, -0.2) is 0 Å². The van der Waals surface area contributed by atoms with Crippen LogP contribution in [0.3, 0.4) is 0 Å². The lowest BCUT2D eigenvalue weighted by molar-refractivity contribution is -0.134. The maximum Gasteiger partial charge on any atom is 0.239 e. The highest BCUT2D eigenvalue weighted by Crippen LogP contribution is 2.20. The first-order chi connectivity index (χ1) is 11.0. The van der Waals surface area contributed by atoms with E-state index in [9.17, 15) is 4.79 Å². The molecule has 0 radical (unpaired) electrons. The second-order valence-electron chi connectivity index (χ2n) is 7.09. The van der Waals surface area contributed by atoms with E-state index in [0.717, 1.165) is 32.6 Å². The first-order valence-corrected chi connectivity index (χ1v) is 8.79. The SMILES string of the molecule is CC(C)N(Cc1ccccc1)C[C@@H]1CCCN(C(=O)[C@H](C)N)C1. The lowest BCUT2D eigenvalue weighted by Crippen LogP contribution is -2.49. The molecule has 1 aliphatic rings. The highest BCUT2D eigenvalue weighted by Gasteiger charge is 2.27. The van der Waals surface area contributed by atoms with Gasteiger partial charge in [0.2, 0.25) is 5.91 Å². The summed E-state index contributed by atoms with van der Waals surface area (Å²) >= 11 is 0. The molecule has 23 heavy (non-hydrogen) atoms. The predicted molar refractivity (Wildman–Crippen MR) is 94.9 cm³/mol. The summed E-state index contributed by atoms with van der Waals surface area (Å²) in [6.45, 7) is 9.98.